The number of thiophene rings is 1. The fraction of sp³-hybridized carbons (Fsp3) is 0.417. The first-order valence-corrected chi connectivity index (χ1v) is 6.32. The Morgan fingerprint density at radius 3 is 2.94 bits per heavy atom. The number of hydrogen-bond acceptors (Lipinski definition) is 3. The highest BCUT2D eigenvalue weighted by molar-refractivity contribution is 7.12. The molecule has 2 aromatic rings. The Morgan fingerprint density at radius 2 is 2.31 bits per heavy atom. The van der Waals surface area contributed by atoms with Crippen LogP contribution in [0.5, 0.6) is 0 Å². The maximum absolute atomic E-state index is 3.91. The first-order valence-electron chi connectivity index (χ1n) is 5.50. The number of aryl methyl sites for hydroxylation is 2. The van der Waals surface area contributed by atoms with Crippen molar-refractivity contribution in [2.24, 2.45) is 0 Å². The van der Waals surface area contributed by atoms with Crippen molar-refractivity contribution < 1.29 is 0 Å². The Balaban J connectivity index is 1.74. The van der Waals surface area contributed by atoms with E-state index >= 15 is 0 Å². The predicted octanol–water partition coefficient (Wildman–Crippen LogP) is 2.42. The minimum Gasteiger partial charge on any atom is -0.311 e. The highest BCUT2D eigenvalue weighted by atomic mass is 32.1. The smallest absolute Gasteiger partial charge is 0.0490 e. The van der Waals surface area contributed by atoms with E-state index in [1.807, 2.05) is 17.4 Å². The van der Waals surface area contributed by atoms with Crippen LogP contribution in [0.4, 0.5) is 0 Å². The Kier molecular flexibility index (Phi) is 3.74. The molecule has 16 heavy (non-hydrogen) atoms. The molecule has 3 nitrogen and oxygen atoms in total. The highest BCUT2D eigenvalue weighted by Crippen LogP contribution is 2.20. The maximum Gasteiger partial charge on any atom is 0.0490 e. The van der Waals surface area contributed by atoms with Gasteiger partial charge >= 0.3 is 0 Å². The Morgan fingerprint density at radius 1 is 1.44 bits per heavy atom. The van der Waals surface area contributed by atoms with E-state index in [-0.39, 0.29) is 0 Å². The Bertz CT molecular complexity index is 431. The van der Waals surface area contributed by atoms with Gasteiger partial charge in [0.25, 0.3) is 0 Å². The summed E-state index contributed by atoms with van der Waals surface area (Å²) in [6.07, 6.45) is 2.88. The van der Waals surface area contributed by atoms with E-state index in [4.69, 9.17) is 0 Å². The molecule has 0 radical (unpaired) electrons. The van der Waals surface area contributed by atoms with E-state index < -0.39 is 0 Å². The lowest BCUT2D eigenvalue weighted by Crippen LogP contribution is -2.16. The SMILES string of the molecule is Cc1cc(CCNCc2ccn[nH]2)c(C)s1. The van der Waals surface area contributed by atoms with Crippen LogP contribution in [0.2, 0.25) is 0 Å². The minimum absolute atomic E-state index is 0.863. The summed E-state index contributed by atoms with van der Waals surface area (Å²) in [5, 5.41) is 10.3. The quantitative estimate of drug-likeness (QED) is 0.781. The van der Waals surface area contributed by atoms with Gasteiger partial charge in [-0.1, -0.05) is 0 Å². The Labute approximate surface area is 99.9 Å². The van der Waals surface area contributed by atoms with Crippen LogP contribution in [0, 0.1) is 13.8 Å². The molecule has 2 N–H and O–H groups in total. The lowest BCUT2D eigenvalue weighted by molar-refractivity contribution is 0.672. The lowest BCUT2D eigenvalue weighted by Gasteiger charge is -2.02. The fourth-order valence-corrected chi connectivity index (χ4v) is 2.74. The second-order valence-corrected chi connectivity index (χ2v) is 5.41. The molecule has 0 aliphatic rings. The van der Waals surface area contributed by atoms with Crippen molar-refractivity contribution in [3.05, 3.63) is 39.3 Å². The van der Waals surface area contributed by atoms with E-state index in [2.05, 4.69) is 35.4 Å². The summed E-state index contributed by atoms with van der Waals surface area (Å²) in [5.41, 5.74) is 2.61. The third kappa shape index (κ3) is 2.93. The second-order valence-electron chi connectivity index (χ2n) is 3.95. The normalized spacial score (nSPS) is 10.9. The predicted molar refractivity (Wildman–Crippen MR) is 67.8 cm³/mol. The topological polar surface area (TPSA) is 40.7 Å². The largest absolute Gasteiger partial charge is 0.311 e. The van der Waals surface area contributed by atoms with Gasteiger partial charge in [0.2, 0.25) is 0 Å². The molecule has 2 aromatic heterocycles. The van der Waals surface area contributed by atoms with Crippen molar-refractivity contribution in [3.63, 3.8) is 0 Å². The molecule has 2 heterocycles. The average molecular weight is 235 g/mol. The van der Waals surface area contributed by atoms with Crippen LogP contribution < -0.4 is 5.32 Å². The third-order valence-corrected chi connectivity index (χ3v) is 3.60. The number of aromatic amines is 1. The number of rotatable bonds is 5. The van der Waals surface area contributed by atoms with Crippen LogP contribution in [0.25, 0.3) is 0 Å². The van der Waals surface area contributed by atoms with Crippen LogP contribution in [0.3, 0.4) is 0 Å². The van der Waals surface area contributed by atoms with Crippen molar-refractivity contribution in [1.82, 2.24) is 15.5 Å². The summed E-state index contributed by atoms with van der Waals surface area (Å²) >= 11 is 1.88. The standard InChI is InChI=1S/C12H17N3S/c1-9-7-11(10(2)16-9)3-5-13-8-12-4-6-14-15-12/h4,6-7,13H,3,5,8H2,1-2H3,(H,14,15). The van der Waals surface area contributed by atoms with Crippen molar-refractivity contribution in [2.75, 3.05) is 6.54 Å². The van der Waals surface area contributed by atoms with Crippen LogP contribution >= 0.6 is 11.3 Å². The molecule has 86 valence electrons. The number of nitrogens with one attached hydrogen (secondary N) is 2. The summed E-state index contributed by atoms with van der Waals surface area (Å²) < 4.78 is 0. The van der Waals surface area contributed by atoms with Gasteiger partial charge in [-0.15, -0.1) is 11.3 Å². The zero-order chi connectivity index (χ0) is 11.4. The van der Waals surface area contributed by atoms with Crippen molar-refractivity contribution >= 4 is 11.3 Å². The Hall–Kier alpha value is -1.13. The summed E-state index contributed by atoms with van der Waals surface area (Å²) in [4.78, 5) is 2.85. The monoisotopic (exact) mass is 235 g/mol. The number of nitrogens with zero attached hydrogens (tertiary/aromatic N) is 1. The highest BCUT2D eigenvalue weighted by Gasteiger charge is 2.02. The van der Waals surface area contributed by atoms with Crippen LogP contribution in [-0.4, -0.2) is 16.7 Å². The van der Waals surface area contributed by atoms with Crippen LogP contribution in [-0.2, 0) is 13.0 Å². The molecule has 0 spiro atoms. The van der Waals surface area contributed by atoms with Gasteiger partial charge < -0.3 is 5.32 Å². The molecule has 0 bridgehead atoms. The number of aromatic nitrogens is 2. The van der Waals surface area contributed by atoms with E-state index in [0.717, 1.165) is 25.2 Å². The van der Waals surface area contributed by atoms with Gasteiger partial charge in [-0.3, -0.25) is 5.10 Å². The molecule has 0 aliphatic heterocycles. The third-order valence-electron chi connectivity index (χ3n) is 2.59. The molecule has 0 amide bonds. The van der Waals surface area contributed by atoms with Crippen LogP contribution in [0.1, 0.15) is 21.0 Å². The van der Waals surface area contributed by atoms with Gasteiger partial charge in [-0.25, -0.2) is 0 Å². The van der Waals surface area contributed by atoms with Crippen LogP contribution in [0.15, 0.2) is 18.3 Å². The molecule has 0 aliphatic carbocycles. The average Bonchev–Trinajstić information content (AvgIpc) is 2.84. The molecular weight excluding hydrogens is 218 g/mol. The van der Waals surface area contributed by atoms with Crippen molar-refractivity contribution in [3.8, 4) is 0 Å². The summed E-state index contributed by atoms with van der Waals surface area (Å²) in [5.74, 6) is 0. The van der Waals surface area contributed by atoms with E-state index in [9.17, 15) is 0 Å². The zero-order valence-corrected chi connectivity index (χ0v) is 10.5. The maximum atomic E-state index is 3.91. The zero-order valence-electron chi connectivity index (χ0n) is 9.71. The van der Waals surface area contributed by atoms with Crippen molar-refractivity contribution in [2.45, 2.75) is 26.8 Å². The first-order chi connectivity index (χ1) is 7.75. The first kappa shape index (κ1) is 11.4. The van der Waals surface area contributed by atoms with Gasteiger partial charge in [0.05, 0.1) is 0 Å². The molecule has 2 rings (SSSR count). The molecule has 0 saturated heterocycles. The van der Waals surface area contributed by atoms with Gasteiger partial charge in [-0.2, -0.15) is 5.10 Å². The van der Waals surface area contributed by atoms with E-state index in [1.165, 1.54) is 15.3 Å². The molecule has 0 atom stereocenters. The molecule has 0 unspecified atom stereocenters. The summed E-state index contributed by atoms with van der Waals surface area (Å²) in [6, 6.07) is 4.28. The van der Waals surface area contributed by atoms with Gasteiger partial charge in [0, 0.05) is 28.2 Å². The van der Waals surface area contributed by atoms with Gasteiger partial charge in [-0.05, 0) is 44.5 Å². The number of H-pyrrole nitrogens is 1. The molecular formula is C12H17N3S. The molecule has 0 saturated carbocycles. The molecule has 4 heteroatoms. The fourth-order valence-electron chi connectivity index (χ4n) is 1.76. The molecule has 0 fully saturated rings. The summed E-state index contributed by atoms with van der Waals surface area (Å²) in [7, 11) is 0. The van der Waals surface area contributed by atoms with Gasteiger partial charge in [0.1, 0.15) is 0 Å². The number of hydrogen-bond donors (Lipinski definition) is 2. The molecule has 0 aromatic carbocycles. The summed E-state index contributed by atoms with van der Waals surface area (Å²) in [6.45, 7) is 6.24. The lowest BCUT2D eigenvalue weighted by atomic mass is 10.2. The van der Waals surface area contributed by atoms with E-state index in [1.54, 1.807) is 6.20 Å². The minimum atomic E-state index is 0.863. The van der Waals surface area contributed by atoms with Crippen molar-refractivity contribution in [1.29, 1.82) is 0 Å². The van der Waals surface area contributed by atoms with E-state index in [0.29, 0.717) is 0 Å². The second kappa shape index (κ2) is 5.27. The van der Waals surface area contributed by atoms with Gasteiger partial charge in [0.15, 0.2) is 0 Å².